The summed E-state index contributed by atoms with van der Waals surface area (Å²) in [6.07, 6.45) is 0. The Kier molecular flexibility index (Phi) is 2.60. The van der Waals surface area contributed by atoms with Crippen LogP contribution in [0, 0.1) is 6.92 Å². The van der Waals surface area contributed by atoms with Crippen molar-refractivity contribution in [3.8, 4) is 0 Å². The second-order valence-electron chi connectivity index (χ2n) is 2.33. The topological polar surface area (TPSA) is 26.0 Å². The maximum absolute atomic E-state index is 5.74. The van der Waals surface area contributed by atoms with Gasteiger partial charge in [0.05, 0.1) is 0 Å². The van der Waals surface area contributed by atoms with Gasteiger partial charge in [0, 0.05) is 10.6 Å². The molecule has 1 aromatic carbocycles. The molecule has 0 bridgehead atoms. The summed E-state index contributed by atoms with van der Waals surface area (Å²) >= 11 is 1.55. The number of benzene rings is 1. The molecule has 0 aliphatic rings. The summed E-state index contributed by atoms with van der Waals surface area (Å²) in [6.45, 7) is 5.65. The lowest BCUT2D eigenvalue weighted by molar-refractivity contribution is 1.39. The zero-order valence-corrected chi connectivity index (χ0v) is 7.32. The van der Waals surface area contributed by atoms with Gasteiger partial charge in [0.1, 0.15) is 0 Å². The zero-order chi connectivity index (χ0) is 8.27. The maximum atomic E-state index is 5.74. The van der Waals surface area contributed by atoms with Gasteiger partial charge in [-0.15, -0.1) is 0 Å². The molecule has 2 heteroatoms. The lowest BCUT2D eigenvalue weighted by Crippen LogP contribution is -1.87. The van der Waals surface area contributed by atoms with E-state index >= 15 is 0 Å². The van der Waals surface area contributed by atoms with Crippen molar-refractivity contribution in [2.45, 2.75) is 11.8 Å². The highest BCUT2D eigenvalue weighted by atomic mass is 32.2. The number of rotatable bonds is 2. The van der Waals surface area contributed by atoms with Crippen LogP contribution < -0.4 is 5.73 Å². The Hall–Kier alpha value is -0.890. The molecule has 0 spiro atoms. The summed E-state index contributed by atoms with van der Waals surface area (Å²) < 4.78 is 0. The van der Waals surface area contributed by atoms with Crippen LogP contribution in [0.1, 0.15) is 5.56 Å². The SMILES string of the molecule is C=CSc1ccc(C)cc1N. The molecule has 0 saturated carbocycles. The second kappa shape index (κ2) is 3.49. The molecule has 1 aromatic rings. The van der Waals surface area contributed by atoms with Gasteiger partial charge in [0.25, 0.3) is 0 Å². The fraction of sp³-hybridized carbons (Fsp3) is 0.111. The first-order valence-electron chi connectivity index (χ1n) is 3.37. The van der Waals surface area contributed by atoms with E-state index in [9.17, 15) is 0 Å². The summed E-state index contributed by atoms with van der Waals surface area (Å²) in [5, 5.41) is 1.78. The van der Waals surface area contributed by atoms with E-state index < -0.39 is 0 Å². The van der Waals surface area contributed by atoms with E-state index in [0.29, 0.717) is 0 Å². The fourth-order valence-corrected chi connectivity index (χ4v) is 1.39. The normalized spacial score (nSPS) is 9.55. The van der Waals surface area contributed by atoms with Crippen molar-refractivity contribution >= 4 is 17.4 Å². The second-order valence-corrected chi connectivity index (χ2v) is 3.33. The molecule has 1 rings (SSSR count). The predicted molar refractivity (Wildman–Crippen MR) is 51.6 cm³/mol. The lowest BCUT2D eigenvalue weighted by Gasteiger charge is -2.01. The molecule has 0 aliphatic carbocycles. The standard InChI is InChI=1S/C9H11NS/c1-3-11-9-5-4-7(2)6-8(9)10/h3-6H,1,10H2,2H3. The number of thioether (sulfide) groups is 1. The van der Waals surface area contributed by atoms with Crippen molar-refractivity contribution in [2.24, 2.45) is 0 Å². The van der Waals surface area contributed by atoms with Crippen LogP contribution in [-0.2, 0) is 0 Å². The van der Waals surface area contributed by atoms with Gasteiger partial charge >= 0.3 is 0 Å². The van der Waals surface area contributed by atoms with Crippen LogP contribution in [-0.4, -0.2) is 0 Å². The van der Waals surface area contributed by atoms with Crippen molar-refractivity contribution in [3.05, 3.63) is 35.7 Å². The highest BCUT2D eigenvalue weighted by molar-refractivity contribution is 8.02. The number of anilines is 1. The Morgan fingerprint density at radius 1 is 1.55 bits per heavy atom. The van der Waals surface area contributed by atoms with Gasteiger partial charge in [-0.25, -0.2) is 0 Å². The van der Waals surface area contributed by atoms with E-state index in [1.54, 1.807) is 17.2 Å². The summed E-state index contributed by atoms with van der Waals surface area (Å²) in [4.78, 5) is 1.07. The molecule has 0 saturated heterocycles. The molecule has 0 heterocycles. The quantitative estimate of drug-likeness (QED) is 0.538. The minimum atomic E-state index is 0.829. The van der Waals surface area contributed by atoms with Crippen LogP contribution in [0.15, 0.2) is 35.1 Å². The number of hydrogen-bond donors (Lipinski definition) is 1. The number of nitrogen functional groups attached to an aromatic ring is 1. The number of nitrogens with two attached hydrogens (primary N) is 1. The predicted octanol–water partition coefficient (Wildman–Crippen LogP) is 2.81. The fourth-order valence-electron chi connectivity index (χ4n) is 0.865. The van der Waals surface area contributed by atoms with Gasteiger partial charge in [0.15, 0.2) is 0 Å². The molecule has 0 aliphatic heterocycles. The number of aryl methyl sites for hydroxylation is 1. The largest absolute Gasteiger partial charge is 0.398 e. The van der Waals surface area contributed by atoms with E-state index in [1.165, 1.54) is 5.56 Å². The van der Waals surface area contributed by atoms with Gasteiger partial charge in [-0.3, -0.25) is 0 Å². The van der Waals surface area contributed by atoms with Crippen molar-refractivity contribution in [3.63, 3.8) is 0 Å². The maximum Gasteiger partial charge on any atom is 0.0458 e. The van der Waals surface area contributed by atoms with Crippen molar-refractivity contribution in [2.75, 3.05) is 5.73 Å². The van der Waals surface area contributed by atoms with E-state index in [1.807, 2.05) is 25.1 Å². The van der Waals surface area contributed by atoms with E-state index in [2.05, 4.69) is 6.58 Å². The smallest absolute Gasteiger partial charge is 0.0458 e. The Bertz CT molecular complexity index is 268. The monoisotopic (exact) mass is 165 g/mol. The van der Waals surface area contributed by atoms with Crippen molar-refractivity contribution in [1.82, 2.24) is 0 Å². The van der Waals surface area contributed by atoms with Crippen molar-refractivity contribution < 1.29 is 0 Å². The molecule has 0 aromatic heterocycles. The Morgan fingerprint density at radius 3 is 2.82 bits per heavy atom. The zero-order valence-electron chi connectivity index (χ0n) is 6.50. The van der Waals surface area contributed by atoms with Gasteiger partial charge in [-0.05, 0) is 30.0 Å². The molecule has 0 unspecified atom stereocenters. The summed E-state index contributed by atoms with van der Waals surface area (Å²) in [7, 11) is 0. The Labute approximate surface area is 71.3 Å². The van der Waals surface area contributed by atoms with Gasteiger partial charge in [-0.1, -0.05) is 24.4 Å². The molecule has 2 N–H and O–H groups in total. The van der Waals surface area contributed by atoms with Gasteiger partial charge < -0.3 is 5.73 Å². The Balaban J connectivity index is 2.98. The third-order valence-corrected chi connectivity index (χ3v) is 2.17. The minimum Gasteiger partial charge on any atom is -0.398 e. The van der Waals surface area contributed by atoms with E-state index in [4.69, 9.17) is 5.73 Å². The molecule has 0 radical (unpaired) electrons. The first-order chi connectivity index (χ1) is 5.24. The average Bonchev–Trinajstić information content (AvgIpc) is 1.95. The molecule has 0 amide bonds. The Morgan fingerprint density at radius 2 is 2.27 bits per heavy atom. The van der Waals surface area contributed by atoms with Crippen LogP contribution in [0.4, 0.5) is 5.69 Å². The molecule has 0 fully saturated rings. The first kappa shape index (κ1) is 8.21. The molecule has 0 atom stereocenters. The summed E-state index contributed by atoms with van der Waals surface area (Å²) in [5.74, 6) is 0. The van der Waals surface area contributed by atoms with Gasteiger partial charge in [0.2, 0.25) is 0 Å². The minimum absolute atomic E-state index is 0.829. The third-order valence-electron chi connectivity index (χ3n) is 1.38. The number of hydrogen-bond acceptors (Lipinski definition) is 2. The molecular formula is C9H11NS. The molecule has 11 heavy (non-hydrogen) atoms. The first-order valence-corrected chi connectivity index (χ1v) is 4.25. The van der Waals surface area contributed by atoms with Crippen LogP contribution in [0.2, 0.25) is 0 Å². The van der Waals surface area contributed by atoms with Gasteiger partial charge in [-0.2, -0.15) is 0 Å². The van der Waals surface area contributed by atoms with Crippen LogP contribution in [0.3, 0.4) is 0 Å². The lowest BCUT2D eigenvalue weighted by atomic mass is 10.2. The van der Waals surface area contributed by atoms with Crippen LogP contribution >= 0.6 is 11.8 Å². The average molecular weight is 165 g/mol. The van der Waals surface area contributed by atoms with Crippen LogP contribution in [0.25, 0.3) is 0 Å². The molecule has 1 nitrogen and oxygen atoms in total. The van der Waals surface area contributed by atoms with E-state index in [0.717, 1.165) is 10.6 Å². The molecule has 58 valence electrons. The summed E-state index contributed by atoms with van der Waals surface area (Å²) in [6, 6.07) is 6.02. The highest BCUT2D eigenvalue weighted by Crippen LogP contribution is 2.25. The summed E-state index contributed by atoms with van der Waals surface area (Å²) in [5.41, 5.74) is 7.76. The molecular weight excluding hydrogens is 154 g/mol. The van der Waals surface area contributed by atoms with E-state index in [-0.39, 0.29) is 0 Å². The highest BCUT2D eigenvalue weighted by Gasteiger charge is 1.95. The van der Waals surface area contributed by atoms with Crippen molar-refractivity contribution in [1.29, 1.82) is 0 Å². The third kappa shape index (κ3) is 2.02. The van der Waals surface area contributed by atoms with Crippen LogP contribution in [0.5, 0.6) is 0 Å².